The Hall–Kier alpha value is -0.690. The van der Waals surface area contributed by atoms with E-state index in [1.165, 1.54) is 0 Å². The minimum atomic E-state index is -0.702. The van der Waals surface area contributed by atoms with Crippen molar-refractivity contribution in [1.82, 2.24) is 20.0 Å². The molecule has 2 N–H and O–H groups in total. The molecule has 0 aromatic carbocycles. The van der Waals surface area contributed by atoms with Gasteiger partial charge in [-0.1, -0.05) is 0 Å². The van der Waals surface area contributed by atoms with E-state index >= 15 is 0 Å². The zero-order valence-electron chi connectivity index (χ0n) is 13.4. The van der Waals surface area contributed by atoms with E-state index in [0.717, 1.165) is 58.7 Å². The molecule has 0 bridgehead atoms. The molecular weight excluding hydrogens is 268 g/mol. The number of carboxylic acid groups (broad SMARTS) is 1. The van der Waals surface area contributed by atoms with Gasteiger partial charge >= 0.3 is 5.97 Å². The first kappa shape index (κ1) is 16.7. The number of piperazine rings is 1. The van der Waals surface area contributed by atoms with Gasteiger partial charge in [0.25, 0.3) is 0 Å². The molecule has 0 aromatic rings. The molecule has 0 spiro atoms. The molecule has 1 unspecified atom stereocenters. The Balaban J connectivity index is 1.62. The monoisotopic (exact) mass is 298 g/mol. The fourth-order valence-corrected chi connectivity index (χ4v) is 2.70. The van der Waals surface area contributed by atoms with E-state index in [2.05, 4.69) is 34.1 Å². The molecule has 2 fully saturated rings. The van der Waals surface area contributed by atoms with Crippen molar-refractivity contribution in [3.63, 3.8) is 0 Å². The van der Waals surface area contributed by atoms with Crippen molar-refractivity contribution >= 4 is 5.97 Å². The summed E-state index contributed by atoms with van der Waals surface area (Å²) in [6.07, 6.45) is 2.98. The molecule has 1 aliphatic heterocycles. The number of nitrogens with one attached hydrogen (secondary N) is 1. The molecule has 0 aromatic heterocycles. The maximum Gasteiger partial charge on any atom is 0.320 e. The molecular formula is C15H30N4O2. The van der Waals surface area contributed by atoms with Crippen molar-refractivity contribution in [3.8, 4) is 0 Å². The summed E-state index contributed by atoms with van der Waals surface area (Å²) in [7, 11) is 4.21. The third-order valence-electron chi connectivity index (χ3n) is 4.37. The Kier molecular flexibility index (Phi) is 6.41. The van der Waals surface area contributed by atoms with Crippen LogP contribution >= 0.6 is 0 Å². The Morgan fingerprint density at radius 1 is 1.19 bits per heavy atom. The summed E-state index contributed by atoms with van der Waals surface area (Å²) in [5.74, 6) is -0.702. The predicted octanol–water partition coefficient (Wildman–Crippen LogP) is -0.239. The van der Waals surface area contributed by atoms with E-state index in [-0.39, 0.29) is 6.04 Å². The summed E-state index contributed by atoms with van der Waals surface area (Å²) in [5, 5.41) is 12.5. The average Bonchev–Trinajstić information content (AvgIpc) is 3.26. The first-order chi connectivity index (χ1) is 10.0. The first-order valence-electron chi connectivity index (χ1n) is 8.13. The Morgan fingerprint density at radius 2 is 1.76 bits per heavy atom. The van der Waals surface area contributed by atoms with Gasteiger partial charge in [0.15, 0.2) is 0 Å². The maximum absolute atomic E-state index is 11.2. The van der Waals surface area contributed by atoms with Crippen molar-refractivity contribution in [2.75, 3.05) is 59.9 Å². The molecule has 1 saturated heterocycles. The Bertz CT molecular complexity index is 326. The number of carboxylic acids is 1. The van der Waals surface area contributed by atoms with Crippen LogP contribution in [0.2, 0.25) is 0 Å². The van der Waals surface area contributed by atoms with Gasteiger partial charge in [-0.3, -0.25) is 9.69 Å². The molecule has 122 valence electrons. The average molecular weight is 298 g/mol. The lowest BCUT2D eigenvalue weighted by Gasteiger charge is -2.35. The number of hydrogen-bond donors (Lipinski definition) is 2. The van der Waals surface area contributed by atoms with Gasteiger partial charge in [-0.2, -0.15) is 0 Å². The lowest BCUT2D eigenvalue weighted by molar-refractivity contribution is -0.139. The highest BCUT2D eigenvalue weighted by Crippen LogP contribution is 2.20. The van der Waals surface area contributed by atoms with Gasteiger partial charge in [-0.15, -0.1) is 0 Å². The summed E-state index contributed by atoms with van der Waals surface area (Å²) in [4.78, 5) is 18.4. The van der Waals surface area contributed by atoms with Gasteiger partial charge in [0, 0.05) is 51.9 Å². The summed E-state index contributed by atoms with van der Waals surface area (Å²) >= 11 is 0. The summed E-state index contributed by atoms with van der Waals surface area (Å²) in [6, 6.07) is 0.0817. The largest absolute Gasteiger partial charge is 0.480 e. The van der Waals surface area contributed by atoms with E-state index in [0.29, 0.717) is 12.5 Å². The van der Waals surface area contributed by atoms with E-state index < -0.39 is 5.97 Å². The van der Waals surface area contributed by atoms with Crippen LogP contribution in [0.4, 0.5) is 0 Å². The number of carbonyl (C=O) groups is 1. The predicted molar refractivity (Wildman–Crippen MR) is 83.6 cm³/mol. The van der Waals surface area contributed by atoms with E-state index in [1.807, 2.05) is 0 Å². The van der Waals surface area contributed by atoms with Crippen LogP contribution in [0.5, 0.6) is 0 Å². The second-order valence-electron chi connectivity index (χ2n) is 6.61. The molecule has 1 atom stereocenters. The number of likely N-dealkylation sites (N-methyl/N-ethyl adjacent to an activating group) is 1. The van der Waals surface area contributed by atoms with Crippen molar-refractivity contribution < 1.29 is 9.90 Å². The quantitative estimate of drug-likeness (QED) is 0.613. The third kappa shape index (κ3) is 6.30. The Morgan fingerprint density at radius 3 is 2.24 bits per heavy atom. The van der Waals surface area contributed by atoms with E-state index in [9.17, 15) is 9.90 Å². The topological polar surface area (TPSA) is 59.0 Å². The standard InChI is InChI=1S/C15H30N4O2/c1-17(2)7-8-19-11-9-18(10-12-19)6-5-14(15(20)21)16-13-3-4-13/h13-14,16H,3-12H2,1-2H3,(H,20,21). The second kappa shape index (κ2) is 8.08. The molecule has 21 heavy (non-hydrogen) atoms. The lowest BCUT2D eigenvalue weighted by atomic mass is 10.2. The number of nitrogens with zero attached hydrogens (tertiary/aromatic N) is 3. The van der Waals surface area contributed by atoms with Gasteiger partial charge in [0.2, 0.25) is 0 Å². The van der Waals surface area contributed by atoms with Crippen LogP contribution in [0.3, 0.4) is 0 Å². The minimum Gasteiger partial charge on any atom is -0.480 e. The fourth-order valence-electron chi connectivity index (χ4n) is 2.70. The second-order valence-corrected chi connectivity index (χ2v) is 6.61. The zero-order valence-corrected chi connectivity index (χ0v) is 13.4. The molecule has 2 rings (SSSR count). The van der Waals surface area contributed by atoms with Gasteiger partial charge in [-0.25, -0.2) is 0 Å². The van der Waals surface area contributed by atoms with Crippen molar-refractivity contribution in [1.29, 1.82) is 0 Å². The van der Waals surface area contributed by atoms with Crippen molar-refractivity contribution in [2.24, 2.45) is 0 Å². The SMILES string of the molecule is CN(C)CCN1CCN(CCC(NC2CC2)C(=O)O)CC1. The van der Waals surface area contributed by atoms with Crippen LogP contribution in [-0.4, -0.2) is 97.8 Å². The number of hydrogen-bond acceptors (Lipinski definition) is 5. The molecule has 6 nitrogen and oxygen atoms in total. The van der Waals surface area contributed by atoms with E-state index in [4.69, 9.17) is 0 Å². The van der Waals surface area contributed by atoms with Gasteiger partial charge < -0.3 is 20.2 Å². The molecule has 1 aliphatic carbocycles. The van der Waals surface area contributed by atoms with Gasteiger partial charge in [0.1, 0.15) is 6.04 Å². The number of rotatable bonds is 9. The molecule has 1 saturated carbocycles. The van der Waals surface area contributed by atoms with Crippen LogP contribution in [0.25, 0.3) is 0 Å². The normalized spacial score (nSPS) is 22.6. The lowest BCUT2D eigenvalue weighted by Crippen LogP contribution is -2.49. The minimum absolute atomic E-state index is 0.371. The highest BCUT2D eigenvalue weighted by atomic mass is 16.4. The van der Waals surface area contributed by atoms with Crippen LogP contribution in [-0.2, 0) is 4.79 Å². The Labute approximate surface area is 128 Å². The third-order valence-corrected chi connectivity index (χ3v) is 4.37. The van der Waals surface area contributed by atoms with Crippen molar-refractivity contribution in [2.45, 2.75) is 31.3 Å². The van der Waals surface area contributed by atoms with Crippen LogP contribution in [0, 0.1) is 0 Å². The highest BCUT2D eigenvalue weighted by molar-refractivity contribution is 5.73. The summed E-state index contributed by atoms with van der Waals surface area (Å²) < 4.78 is 0. The first-order valence-corrected chi connectivity index (χ1v) is 8.13. The van der Waals surface area contributed by atoms with Crippen LogP contribution in [0.1, 0.15) is 19.3 Å². The summed E-state index contributed by atoms with van der Waals surface area (Å²) in [6.45, 7) is 7.43. The van der Waals surface area contributed by atoms with Crippen LogP contribution in [0.15, 0.2) is 0 Å². The fraction of sp³-hybridized carbons (Fsp3) is 0.933. The summed E-state index contributed by atoms with van der Waals surface area (Å²) in [5.41, 5.74) is 0. The molecule has 2 aliphatic rings. The smallest absolute Gasteiger partial charge is 0.320 e. The molecule has 1 heterocycles. The molecule has 0 amide bonds. The van der Waals surface area contributed by atoms with Gasteiger partial charge in [-0.05, 0) is 33.4 Å². The molecule has 0 radical (unpaired) electrons. The van der Waals surface area contributed by atoms with Gasteiger partial charge in [0.05, 0.1) is 0 Å². The zero-order chi connectivity index (χ0) is 15.2. The van der Waals surface area contributed by atoms with Crippen LogP contribution < -0.4 is 5.32 Å². The van der Waals surface area contributed by atoms with Crippen molar-refractivity contribution in [3.05, 3.63) is 0 Å². The van der Waals surface area contributed by atoms with E-state index in [1.54, 1.807) is 0 Å². The maximum atomic E-state index is 11.2. The highest BCUT2D eigenvalue weighted by Gasteiger charge is 2.28. The number of aliphatic carboxylic acids is 1. The molecule has 6 heteroatoms.